The zero-order valence-corrected chi connectivity index (χ0v) is 14.7. The van der Waals surface area contributed by atoms with Crippen LogP contribution in [0.1, 0.15) is 32.3 Å². The van der Waals surface area contributed by atoms with Crippen LogP contribution in [0.2, 0.25) is 0 Å². The van der Waals surface area contributed by atoms with E-state index in [4.69, 9.17) is 4.74 Å². The molecular formula is C17H27BrN2O. The number of unbranched alkanes of at least 4 members (excludes halogenated alkanes) is 1. The summed E-state index contributed by atoms with van der Waals surface area (Å²) < 4.78 is 6.91. The molecule has 0 spiro atoms. The van der Waals surface area contributed by atoms with Gasteiger partial charge in [0.25, 0.3) is 0 Å². The van der Waals surface area contributed by atoms with Gasteiger partial charge in [0.1, 0.15) is 0 Å². The highest BCUT2D eigenvalue weighted by atomic mass is 79.9. The summed E-state index contributed by atoms with van der Waals surface area (Å²) in [7, 11) is 0. The van der Waals surface area contributed by atoms with Gasteiger partial charge in [-0.05, 0) is 57.5 Å². The molecule has 1 aromatic carbocycles. The van der Waals surface area contributed by atoms with Gasteiger partial charge in [0, 0.05) is 24.1 Å². The standard InChI is InChI=1S/C17H27BrN2O/c1-14-12-20(13-15(2)21-14)9-4-3-8-19-11-16-6-5-7-17(18)10-16/h5-7,10,14-15,19H,3-4,8-9,11-13H2,1-2H3. The van der Waals surface area contributed by atoms with Gasteiger partial charge in [0.05, 0.1) is 12.2 Å². The summed E-state index contributed by atoms with van der Waals surface area (Å²) >= 11 is 3.51. The molecule has 1 fully saturated rings. The van der Waals surface area contributed by atoms with Gasteiger partial charge in [-0.1, -0.05) is 28.1 Å². The molecule has 0 bridgehead atoms. The Hall–Kier alpha value is -0.420. The molecule has 0 saturated carbocycles. The fourth-order valence-electron chi connectivity index (χ4n) is 2.93. The van der Waals surface area contributed by atoms with Gasteiger partial charge in [-0.3, -0.25) is 4.90 Å². The summed E-state index contributed by atoms with van der Waals surface area (Å²) in [4.78, 5) is 2.53. The lowest BCUT2D eigenvalue weighted by molar-refractivity contribution is -0.0681. The zero-order valence-electron chi connectivity index (χ0n) is 13.1. The first-order chi connectivity index (χ1) is 10.1. The summed E-state index contributed by atoms with van der Waals surface area (Å²) in [6, 6.07) is 8.48. The van der Waals surface area contributed by atoms with Gasteiger partial charge in [-0.25, -0.2) is 0 Å². The SMILES string of the molecule is CC1CN(CCCCNCc2cccc(Br)c2)CC(C)O1. The second-order valence-electron chi connectivity index (χ2n) is 6.03. The van der Waals surface area contributed by atoms with Gasteiger partial charge in [-0.2, -0.15) is 0 Å². The number of nitrogens with zero attached hydrogens (tertiary/aromatic N) is 1. The number of hydrogen-bond acceptors (Lipinski definition) is 3. The van der Waals surface area contributed by atoms with Gasteiger partial charge in [-0.15, -0.1) is 0 Å². The highest BCUT2D eigenvalue weighted by molar-refractivity contribution is 9.10. The summed E-state index contributed by atoms with van der Waals surface area (Å²) in [6.07, 6.45) is 3.24. The van der Waals surface area contributed by atoms with Crippen LogP contribution in [0, 0.1) is 0 Å². The number of benzene rings is 1. The van der Waals surface area contributed by atoms with Crippen molar-refractivity contribution in [3.63, 3.8) is 0 Å². The largest absolute Gasteiger partial charge is 0.373 e. The van der Waals surface area contributed by atoms with Crippen molar-refractivity contribution in [3.8, 4) is 0 Å². The Kier molecular flexibility index (Phi) is 7.17. The number of morpholine rings is 1. The monoisotopic (exact) mass is 354 g/mol. The van der Waals surface area contributed by atoms with E-state index in [1.165, 1.54) is 24.9 Å². The minimum atomic E-state index is 0.378. The second-order valence-corrected chi connectivity index (χ2v) is 6.95. The van der Waals surface area contributed by atoms with Crippen molar-refractivity contribution in [2.45, 2.75) is 45.4 Å². The molecule has 21 heavy (non-hydrogen) atoms. The maximum absolute atomic E-state index is 5.76. The normalized spacial score (nSPS) is 23.4. The molecule has 1 aliphatic heterocycles. The van der Waals surface area contributed by atoms with Crippen molar-refractivity contribution in [1.82, 2.24) is 10.2 Å². The Morgan fingerprint density at radius 2 is 2.00 bits per heavy atom. The van der Waals surface area contributed by atoms with Crippen molar-refractivity contribution in [2.24, 2.45) is 0 Å². The Balaban J connectivity index is 1.54. The lowest BCUT2D eigenvalue weighted by Crippen LogP contribution is -2.45. The molecule has 1 N–H and O–H groups in total. The van der Waals surface area contributed by atoms with Crippen LogP contribution in [0.25, 0.3) is 0 Å². The fourth-order valence-corrected chi connectivity index (χ4v) is 3.38. The van der Waals surface area contributed by atoms with E-state index in [0.29, 0.717) is 12.2 Å². The Morgan fingerprint density at radius 3 is 2.71 bits per heavy atom. The van der Waals surface area contributed by atoms with E-state index in [9.17, 15) is 0 Å². The Labute approximate surface area is 137 Å². The van der Waals surface area contributed by atoms with Crippen LogP contribution in [0.15, 0.2) is 28.7 Å². The van der Waals surface area contributed by atoms with Crippen molar-refractivity contribution >= 4 is 15.9 Å². The molecule has 2 rings (SSSR count). The summed E-state index contributed by atoms with van der Waals surface area (Å²) in [5.41, 5.74) is 1.33. The minimum absolute atomic E-state index is 0.378. The van der Waals surface area contributed by atoms with Crippen LogP contribution in [0.4, 0.5) is 0 Å². The summed E-state index contributed by atoms with van der Waals surface area (Å²) in [5.74, 6) is 0. The molecule has 2 atom stereocenters. The van der Waals surface area contributed by atoms with Crippen LogP contribution in [0.3, 0.4) is 0 Å². The third kappa shape index (κ3) is 6.47. The molecular weight excluding hydrogens is 328 g/mol. The van der Waals surface area contributed by atoms with E-state index >= 15 is 0 Å². The van der Waals surface area contributed by atoms with E-state index in [2.05, 4.69) is 64.3 Å². The quantitative estimate of drug-likeness (QED) is 0.759. The topological polar surface area (TPSA) is 24.5 Å². The predicted molar refractivity (Wildman–Crippen MR) is 91.5 cm³/mol. The number of hydrogen-bond donors (Lipinski definition) is 1. The number of rotatable bonds is 7. The van der Waals surface area contributed by atoms with Gasteiger partial charge in [0.15, 0.2) is 0 Å². The number of ether oxygens (including phenoxy) is 1. The van der Waals surface area contributed by atoms with E-state index in [-0.39, 0.29) is 0 Å². The Bertz CT molecular complexity index is 417. The van der Waals surface area contributed by atoms with Crippen LogP contribution in [-0.4, -0.2) is 43.3 Å². The summed E-state index contributed by atoms with van der Waals surface area (Å²) in [5, 5.41) is 3.52. The third-order valence-corrected chi connectivity index (χ3v) is 4.28. The maximum Gasteiger partial charge on any atom is 0.0678 e. The van der Waals surface area contributed by atoms with Crippen molar-refractivity contribution in [2.75, 3.05) is 26.2 Å². The molecule has 0 amide bonds. The van der Waals surface area contributed by atoms with Crippen molar-refractivity contribution in [1.29, 1.82) is 0 Å². The first kappa shape index (κ1) is 16.9. The lowest BCUT2D eigenvalue weighted by Gasteiger charge is -2.35. The molecule has 1 heterocycles. The highest BCUT2D eigenvalue weighted by Gasteiger charge is 2.21. The molecule has 0 aliphatic carbocycles. The third-order valence-electron chi connectivity index (χ3n) is 3.79. The van der Waals surface area contributed by atoms with Crippen molar-refractivity contribution < 1.29 is 4.74 Å². The molecule has 0 radical (unpaired) electrons. The molecule has 118 valence electrons. The molecule has 4 heteroatoms. The Morgan fingerprint density at radius 1 is 1.24 bits per heavy atom. The molecule has 3 nitrogen and oxygen atoms in total. The molecule has 2 unspecified atom stereocenters. The van der Waals surface area contributed by atoms with Crippen LogP contribution < -0.4 is 5.32 Å². The van der Waals surface area contributed by atoms with Gasteiger partial charge in [0.2, 0.25) is 0 Å². The minimum Gasteiger partial charge on any atom is -0.373 e. The van der Waals surface area contributed by atoms with Gasteiger partial charge < -0.3 is 10.1 Å². The van der Waals surface area contributed by atoms with E-state index in [0.717, 1.165) is 30.7 Å². The van der Waals surface area contributed by atoms with E-state index in [1.54, 1.807) is 0 Å². The van der Waals surface area contributed by atoms with Gasteiger partial charge >= 0.3 is 0 Å². The number of halogens is 1. The highest BCUT2D eigenvalue weighted by Crippen LogP contribution is 2.12. The molecule has 1 aliphatic rings. The first-order valence-electron chi connectivity index (χ1n) is 7.96. The lowest BCUT2D eigenvalue weighted by atomic mass is 10.2. The molecule has 1 saturated heterocycles. The van der Waals surface area contributed by atoms with E-state index < -0.39 is 0 Å². The average molecular weight is 355 g/mol. The maximum atomic E-state index is 5.76. The zero-order chi connectivity index (χ0) is 15.1. The van der Waals surface area contributed by atoms with Crippen LogP contribution in [0.5, 0.6) is 0 Å². The van der Waals surface area contributed by atoms with Crippen LogP contribution >= 0.6 is 15.9 Å². The van der Waals surface area contributed by atoms with Crippen molar-refractivity contribution in [3.05, 3.63) is 34.3 Å². The predicted octanol–water partition coefficient (Wildman–Crippen LogP) is 3.43. The first-order valence-corrected chi connectivity index (χ1v) is 8.76. The molecule has 1 aromatic rings. The summed E-state index contributed by atoms with van der Waals surface area (Å²) in [6.45, 7) is 9.72. The molecule has 0 aromatic heterocycles. The number of nitrogens with one attached hydrogen (secondary N) is 1. The van der Waals surface area contributed by atoms with Crippen LogP contribution in [-0.2, 0) is 11.3 Å². The fraction of sp³-hybridized carbons (Fsp3) is 0.647. The second kappa shape index (κ2) is 8.89. The average Bonchev–Trinajstić information content (AvgIpc) is 2.42. The van der Waals surface area contributed by atoms with E-state index in [1.807, 2.05) is 0 Å². The smallest absolute Gasteiger partial charge is 0.0678 e.